The molecule has 2 nitrogen and oxygen atoms in total. The summed E-state index contributed by atoms with van der Waals surface area (Å²) in [6, 6.07) is 6.39. The highest BCUT2D eigenvalue weighted by Gasteiger charge is 2.33. The molecule has 0 aromatic heterocycles. The third-order valence-corrected chi connectivity index (χ3v) is 5.31. The Kier molecular flexibility index (Phi) is 4.61. The molecule has 4 heteroatoms. The number of nitrogens with one attached hydrogen (secondary N) is 2. The SMILES string of the molecule is Fc1ccc(NC2CCCCC2C2CCCN2)cc1Br. The topological polar surface area (TPSA) is 24.1 Å². The first-order valence-electron chi connectivity index (χ1n) is 7.69. The van der Waals surface area contributed by atoms with Gasteiger partial charge in [0, 0.05) is 17.8 Å². The summed E-state index contributed by atoms with van der Waals surface area (Å²) in [7, 11) is 0. The fourth-order valence-corrected chi connectivity index (χ4v) is 4.08. The van der Waals surface area contributed by atoms with Gasteiger partial charge in [0.25, 0.3) is 0 Å². The van der Waals surface area contributed by atoms with Gasteiger partial charge in [-0.25, -0.2) is 4.39 Å². The molecule has 2 fully saturated rings. The van der Waals surface area contributed by atoms with Crippen LogP contribution >= 0.6 is 15.9 Å². The van der Waals surface area contributed by atoms with Crippen molar-refractivity contribution in [2.75, 3.05) is 11.9 Å². The first-order chi connectivity index (χ1) is 9.74. The van der Waals surface area contributed by atoms with E-state index >= 15 is 0 Å². The molecule has 1 aromatic rings. The Labute approximate surface area is 128 Å². The van der Waals surface area contributed by atoms with E-state index in [-0.39, 0.29) is 5.82 Å². The maximum atomic E-state index is 13.3. The van der Waals surface area contributed by atoms with Crippen molar-refractivity contribution in [3.05, 3.63) is 28.5 Å². The van der Waals surface area contributed by atoms with Crippen LogP contribution in [0.1, 0.15) is 38.5 Å². The van der Waals surface area contributed by atoms with Crippen LogP contribution in [0.4, 0.5) is 10.1 Å². The highest BCUT2D eigenvalue weighted by molar-refractivity contribution is 9.10. The molecular formula is C16H22BrFN2. The van der Waals surface area contributed by atoms with Crippen LogP contribution in [-0.4, -0.2) is 18.6 Å². The molecular weight excluding hydrogens is 319 g/mol. The van der Waals surface area contributed by atoms with E-state index in [2.05, 4.69) is 26.6 Å². The second-order valence-corrected chi connectivity index (χ2v) is 6.89. The maximum absolute atomic E-state index is 13.3. The lowest BCUT2D eigenvalue weighted by molar-refractivity contribution is 0.263. The summed E-state index contributed by atoms with van der Waals surface area (Å²) in [6.45, 7) is 1.16. The van der Waals surface area contributed by atoms with Crippen LogP contribution in [0.3, 0.4) is 0 Å². The van der Waals surface area contributed by atoms with Gasteiger partial charge in [0.1, 0.15) is 5.82 Å². The third kappa shape index (κ3) is 3.17. The highest BCUT2D eigenvalue weighted by Crippen LogP contribution is 2.33. The number of halogens is 2. The van der Waals surface area contributed by atoms with Crippen molar-refractivity contribution in [3.8, 4) is 0 Å². The van der Waals surface area contributed by atoms with Crippen LogP contribution in [0.15, 0.2) is 22.7 Å². The van der Waals surface area contributed by atoms with Crippen molar-refractivity contribution < 1.29 is 4.39 Å². The van der Waals surface area contributed by atoms with Crippen molar-refractivity contribution in [3.63, 3.8) is 0 Å². The molecule has 1 aromatic carbocycles. The van der Waals surface area contributed by atoms with Crippen molar-refractivity contribution in [1.29, 1.82) is 0 Å². The fraction of sp³-hybridized carbons (Fsp3) is 0.625. The molecule has 1 saturated carbocycles. The molecule has 1 aliphatic heterocycles. The lowest BCUT2D eigenvalue weighted by atomic mass is 9.79. The van der Waals surface area contributed by atoms with Crippen LogP contribution in [0.2, 0.25) is 0 Å². The Balaban J connectivity index is 1.71. The molecule has 1 saturated heterocycles. The van der Waals surface area contributed by atoms with Gasteiger partial charge in [-0.3, -0.25) is 0 Å². The maximum Gasteiger partial charge on any atom is 0.137 e. The molecule has 0 radical (unpaired) electrons. The monoisotopic (exact) mass is 340 g/mol. The molecule has 2 N–H and O–H groups in total. The molecule has 3 rings (SSSR count). The zero-order valence-corrected chi connectivity index (χ0v) is 13.3. The molecule has 3 unspecified atom stereocenters. The Morgan fingerprint density at radius 1 is 1.15 bits per heavy atom. The Morgan fingerprint density at radius 2 is 2.00 bits per heavy atom. The smallest absolute Gasteiger partial charge is 0.137 e. The van der Waals surface area contributed by atoms with Crippen LogP contribution in [-0.2, 0) is 0 Å². The number of hydrogen-bond donors (Lipinski definition) is 2. The molecule has 20 heavy (non-hydrogen) atoms. The molecule has 0 amide bonds. The normalized spacial score (nSPS) is 30.4. The second-order valence-electron chi connectivity index (χ2n) is 6.03. The summed E-state index contributed by atoms with van der Waals surface area (Å²) in [6.07, 6.45) is 7.76. The largest absolute Gasteiger partial charge is 0.382 e. The Hall–Kier alpha value is -0.610. The van der Waals surface area contributed by atoms with E-state index in [9.17, 15) is 4.39 Å². The molecule has 3 atom stereocenters. The minimum absolute atomic E-state index is 0.201. The number of benzene rings is 1. The van der Waals surface area contributed by atoms with Crippen LogP contribution in [0.25, 0.3) is 0 Å². The molecule has 0 spiro atoms. The van der Waals surface area contributed by atoms with Crippen LogP contribution in [0, 0.1) is 11.7 Å². The zero-order valence-electron chi connectivity index (χ0n) is 11.7. The van der Waals surface area contributed by atoms with Gasteiger partial charge in [0.15, 0.2) is 0 Å². The molecule has 110 valence electrons. The first-order valence-corrected chi connectivity index (χ1v) is 8.48. The van der Waals surface area contributed by atoms with Gasteiger partial charge in [0.05, 0.1) is 4.47 Å². The average molecular weight is 341 g/mol. The summed E-state index contributed by atoms with van der Waals surface area (Å²) in [5, 5.41) is 7.29. The van der Waals surface area contributed by atoms with Gasteiger partial charge in [0.2, 0.25) is 0 Å². The first kappa shape index (κ1) is 14.3. The van der Waals surface area contributed by atoms with Gasteiger partial charge in [-0.2, -0.15) is 0 Å². The fourth-order valence-electron chi connectivity index (χ4n) is 3.70. The predicted molar refractivity (Wildman–Crippen MR) is 84.5 cm³/mol. The molecule has 0 bridgehead atoms. The second kappa shape index (κ2) is 6.44. The van der Waals surface area contributed by atoms with Crippen molar-refractivity contribution in [1.82, 2.24) is 5.32 Å². The van der Waals surface area contributed by atoms with Crippen LogP contribution in [0.5, 0.6) is 0 Å². The quantitative estimate of drug-likeness (QED) is 0.856. The van der Waals surface area contributed by atoms with E-state index in [1.165, 1.54) is 44.6 Å². The standard InChI is InChI=1S/C16H22BrFN2/c17-13-10-11(7-8-14(13)18)20-16-5-2-1-4-12(16)15-6-3-9-19-15/h7-8,10,12,15-16,19-20H,1-6,9H2. The van der Waals surface area contributed by atoms with E-state index < -0.39 is 0 Å². The number of rotatable bonds is 3. The van der Waals surface area contributed by atoms with E-state index in [4.69, 9.17) is 0 Å². The number of anilines is 1. The minimum Gasteiger partial charge on any atom is -0.382 e. The van der Waals surface area contributed by atoms with Gasteiger partial charge in [-0.15, -0.1) is 0 Å². The summed E-state index contributed by atoms with van der Waals surface area (Å²) in [5.41, 5.74) is 1.02. The summed E-state index contributed by atoms with van der Waals surface area (Å²) < 4.78 is 13.9. The summed E-state index contributed by atoms with van der Waals surface area (Å²) in [5.74, 6) is 0.503. The van der Waals surface area contributed by atoms with Gasteiger partial charge in [-0.05, 0) is 72.3 Å². The lowest BCUT2D eigenvalue weighted by Gasteiger charge is -2.36. The van der Waals surface area contributed by atoms with E-state index in [1.807, 2.05) is 12.1 Å². The van der Waals surface area contributed by atoms with E-state index in [0.717, 1.165) is 12.2 Å². The Bertz CT molecular complexity index is 460. The van der Waals surface area contributed by atoms with Gasteiger partial charge >= 0.3 is 0 Å². The Morgan fingerprint density at radius 3 is 2.75 bits per heavy atom. The van der Waals surface area contributed by atoms with Gasteiger partial charge < -0.3 is 10.6 Å². The highest BCUT2D eigenvalue weighted by atomic mass is 79.9. The summed E-state index contributed by atoms with van der Waals surface area (Å²) >= 11 is 3.26. The zero-order chi connectivity index (χ0) is 13.9. The average Bonchev–Trinajstić information content (AvgIpc) is 2.97. The van der Waals surface area contributed by atoms with E-state index in [0.29, 0.717) is 22.5 Å². The summed E-state index contributed by atoms with van der Waals surface area (Å²) in [4.78, 5) is 0. The van der Waals surface area contributed by atoms with E-state index in [1.54, 1.807) is 0 Å². The molecule has 1 aliphatic carbocycles. The third-order valence-electron chi connectivity index (χ3n) is 4.71. The van der Waals surface area contributed by atoms with Crippen molar-refractivity contribution in [2.45, 2.75) is 50.6 Å². The predicted octanol–water partition coefficient (Wildman–Crippen LogP) is 4.31. The van der Waals surface area contributed by atoms with Gasteiger partial charge in [-0.1, -0.05) is 12.8 Å². The van der Waals surface area contributed by atoms with Crippen LogP contribution < -0.4 is 10.6 Å². The van der Waals surface area contributed by atoms with Crippen molar-refractivity contribution in [2.24, 2.45) is 5.92 Å². The molecule has 2 aliphatic rings. The minimum atomic E-state index is -0.201. The lowest BCUT2D eigenvalue weighted by Crippen LogP contribution is -2.43. The molecule has 1 heterocycles. The number of hydrogen-bond acceptors (Lipinski definition) is 2. The van der Waals surface area contributed by atoms with Crippen molar-refractivity contribution >= 4 is 21.6 Å².